The molecule has 1 heterocycles. The molecule has 1 amide bonds. The average Bonchev–Trinajstić information content (AvgIpc) is 3.49. The monoisotopic (exact) mass is 672 g/mol. The van der Waals surface area contributed by atoms with Crippen molar-refractivity contribution >= 4 is 17.8 Å². The fourth-order valence-electron chi connectivity index (χ4n) is 5.43. The number of carbonyl (C=O) groups excluding carboxylic acids is 2. The van der Waals surface area contributed by atoms with Gasteiger partial charge in [0.1, 0.15) is 17.1 Å². The van der Waals surface area contributed by atoms with E-state index in [2.05, 4.69) is 20.9 Å². The Hall–Kier alpha value is -5.10. The van der Waals surface area contributed by atoms with Gasteiger partial charge >= 0.3 is 5.97 Å². The predicted octanol–water partition coefficient (Wildman–Crippen LogP) is 5.51. The number of carbonyl (C=O) groups is 2. The predicted molar refractivity (Wildman–Crippen MR) is 184 cm³/mol. The number of hydrazine groups is 1. The van der Waals surface area contributed by atoms with Gasteiger partial charge in [-0.05, 0) is 86.2 Å². The molecule has 13 heteroatoms. The Kier molecular flexibility index (Phi) is 13.0. The normalized spacial score (nSPS) is 16.9. The fourth-order valence-corrected chi connectivity index (χ4v) is 5.43. The molecule has 2 atom stereocenters. The summed E-state index contributed by atoms with van der Waals surface area (Å²) < 4.78 is 23.3. The zero-order valence-corrected chi connectivity index (χ0v) is 28.3. The molecule has 13 nitrogen and oxygen atoms in total. The number of hydrogen-bond acceptors (Lipinski definition) is 10. The van der Waals surface area contributed by atoms with Crippen LogP contribution in [0.25, 0.3) is 10.4 Å². The minimum Gasteiger partial charge on any atom is -0.496 e. The number of para-hydroxylation sites is 1. The van der Waals surface area contributed by atoms with Crippen molar-refractivity contribution in [2.75, 3.05) is 26.9 Å². The highest BCUT2D eigenvalue weighted by molar-refractivity contribution is 6.01. The van der Waals surface area contributed by atoms with Crippen LogP contribution in [0.3, 0.4) is 0 Å². The van der Waals surface area contributed by atoms with Crippen LogP contribution in [0.4, 0.5) is 0 Å². The molecule has 0 aliphatic carbocycles. The molecule has 0 spiro atoms. The van der Waals surface area contributed by atoms with Crippen LogP contribution in [0.2, 0.25) is 0 Å². The van der Waals surface area contributed by atoms with E-state index in [1.807, 2.05) is 24.3 Å². The summed E-state index contributed by atoms with van der Waals surface area (Å²) in [7, 11) is 1.61. The number of aliphatic hydroxyl groups excluding tert-OH is 1. The molecule has 4 rings (SSSR count). The van der Waals surface area contributed by atoms with Crippen LogP contribution in [0, 0.1) is 0 Å². The molecule has 49 heavy (non-hydrogen) atoms. The highest BCUT2D eigenvalue weighted by Gasteiger charge is 2.54. The summed E-state index contributed by atoms with van der Waals surface area (Å²) in [5, 5.41) is 12.8. The van der Waals surface area contributed by atoms with Gasteiger partial charge in [-0.15, -0.1) is 0 Å². The number of aliphatic hydroxyl groups is 1. The molecular formula is C36H44N6O7. The molecule has 260 valence electrons. The first-order chi connectivity index (χ1) is 23.6. The number of aliphatic imine (C=N–C) groups is 1. The number of benzene rings is 3. The van der Waals surface area contributed by atoms with Crippen molar-refractivity contribution in [1.29, 1.82) is 0 Å². The van der Waals surface area contributed by atoms with Crippen LogP contribution in [-0.4, -0.2) is 60.9 Å². The molecule has 0 fully saturated rings. The molecule has 0 bridgehead atoms. The molecule has 1 aliphatic heterocycles. The number of methoxy groups -OCH3 is 1. The summed E-state index contributed by atoms with van der Waals surface area (Å²) in [5.41, 5.74) is 15.4. The number of esters is 1. The van der Waals surface area contributed by atoms with Gasteiger partial charge in [-0.2, -0.15) is 0 Å². The van der Waals surface area contributed by atoms with Crippen molar-refractivity contribution in [3.63, 3.8) is 0 Å². The van der Waals surface area contributed by atoms with Gasteiger partial charge in [-0.25, -0.2) is 10.4 Å². The van der Waals surface area contributed by atoms with Crippen molar-refractivity contribution in [2.24, 2.45) is 10.1 Å². The van der Waals surface area contributed by atoms with Gasteiger partial charge in [-0.1, -0.05) is 47.6 Å². The average molecular weight is 673 g/mol. The first-order valence-electron chi connectivity index (χ1n) is 16.2. The van der Waals surface area contributed by atoms with E-state index in [9.17, 15) is 9.59 Å². The highest BCUT2D eigenvalue weighted by Crippen LogP contribution is 2.44. The van der Waals surface area contributed by atoms with Gasteiger partial charge in [-0.3, -0.25) is 15.0 Å². The number of rotatable bonds is 17. The van der Waals surface area contributed by atoms with E-state index in [1.165, 1.54) is 0 Å². The summed E-state index contributed by atoms with van der Waals surface area (Å²) in [4.78, 5) is 35.3. The second-order valence-electron chi connectivity index (χ2n) is 12.4. The highest BCUT2D eigenvalue weighted by atomic mass is 16.6. The summed E-state index contributed by atoms with van der Waals surface area (Å²) >= 11 is 0. The van der Waals surface area contributed by atoms with Crippen molar-refractivity contribution in [2.45, 2.75) is 70.2 Å². The number of nitrogens with zero attached hydrogens (tertiary/aromatic N) is 4. The van der Waals surface area contributed by atoms with E-state index in [-0.39, 0.29) is 31.9 Å². The minimum absolute atomic E-state index is 0.0165. The maximum absolute atomic E-state index is 14.4. The van der Waals surface area contributed by atoms with Crippen LogP contribution in [-0.2, 0) is 32.0 Å². The fraction of sp³-hybridized carbons (Fsp3) is 0.417. The van der Waals surface area contributed by atoms with Crippen molar-refractivity contribution < 1.29 is 33.6 Å². The van der Waals surface area contributed by atoms with Gasteiger partial charge in [0.05, 0.1) is 20.3 Å². The third-order valence-electron chi connectivity index (χ3n) is 7.72. The standard InChI is InChI=1S/C36H44N6O7/c1-35(2,3)49-31(44)18-20-36(34(45)41-38-21-19-25-10-6-8-13-30(25)46-4)32(29-12-7-5-11-27(29)24-39-42-37)48-33(40-36)26-14-16-28(17-15-26)47-23-9-22-43/h5-8,10-17,32,38,43H,9,18-24H2,1-4H3,(H,41,45)/t32-,36-/m0/s1. The lowest BCUT2D eigenvalue weighted by Gasteiger charge is -2.31. The lowest BCUT2D eigenvalue weighted by atomic mass is 9.82. The molecule has 3 N–H and O–H groups in total. The lowest BCUT2D eigenvalue weighted by Crippen LogP contribution is -2.53. The summed E-state index contributed by atoms with van der Waals surface area (Å²) in [6.45, 7) is 6.10. The summed E-state index contributed by atoms with van der Waals surface area (Å²) in [6.07, 6.45) is -0.110. The Balaban J connectivity index is 1.71. The van der Waals surface area contributed by atoms with Crippen LogP contribution in [0.1, 0.15) is 68.4 Å². The van der Waals surface area contributed by atoms with E-state index in [0.717, 1.165) is 11.3 Å². The number of azide groups is 1. The Labute approximate surface area is 286 Å². The number of ether oxygens (including phenoxy) is 4. The minimum atomic E-state index is -1.63. The molecule has 0 aromatic heterocycles. The maximum Gasteiger partial charge on any atom is 0.306 e. The molecule has 1 aliphatic rings. The van der Waals surface area contributed by atoms with Gasteiger partial charge in [0.15, 0.2) is 11.6 Å². The van der Waals surface area contributed by atoms with Gasteiger partial charge in [0.25, 0.3) is 5.91 Å². The summed E-state index contributed by atoms with van der Waals surface area (Å²) in [5.74, 6) is 0.528. The number of nitrogens with one attached hydrogen (secondary N) is 2. The van der Waals surface area contributed by atoms with Crippen LogP contribution in [0.15, 0.2) is 82.9 Å². The summed E-state index contributed by atoms with van der Waals surface area (Å²) in [6, 6.07) is 21.9. The first kappa shape index (κ1) is 36.7. The maximum atomic E-state index is 14.4. The van der Waals surface area contributed by atoms with Crippen molar-refractivity contribution in [3.8, 4) is 11.5 Å². The molecule has 3 aromatic rings. The molecule has 0 saturated heterocycles. The third kappa shape index (κ3) is 9.96. The lowest BCUT2D eigenvalue weighted by molar-refractivity contribution is -0.155. The topological polar surface area (TPSA) is 176 Å². The Morgan fingerprint density at radius 3 is 2.47 bits per heavy atom. The number of amides is 1. The van der Waals surface area contributed by atoms with Gasteiger partial charge < -0.3 is 24.1 Å². The smallest absolute Gasteiger partial charge is 0.306 e. The van der Waals surface area contributed by atoms with Gasteiger partial charge in [0.2, 0.25) is 5.90 Å². The van der Waals surface area contributed by atoms with Crippen molar-refractivity contribution in [1.82, 2.24) is 10.9 Å². The Bertz CT molecular complexity index is 1650. The molecule has 3 aromatic carbocycles. The Morgan fingerprint density at radius 2 is 1.78 bits per heavy atom. The van der Waals surface area contributed by atoms with Crippen LogP contribution < -0.4 is 20.3 Å². The molecular weight excluding hydrogens is 628 g/mol. The second-order valence-corrected chi connectivity index (χ2v) is 12.4. The first-order valence-corrected chi connectivity index (χ1v) is 16.2. The number of hydrogen-bond donors (Lipinski definition) is 3. The van der Waals surface area contributed by atoms with E-state index >= 15 is 0 Å². The van der Waals surface area contributed by atoms with E-state index in [0.29, 0.717) is 48.4 Å². The quantitative estimate of drug-likeness (QED) is 0.0420. The third-order valence-corrected chi connectivity index (χ3v) is 7.72. The van der Waals surface area contributed by atoms with Gasteiger partial charge in [0, 0.05) is 36.5 Å². The molecule has 0 unspecified atom stereocenters. The Morgan fingerprint density at radius 1 is 1.06 bits per heavy atom. The largest absolute Gasteiger partial charge is 0.496 e. The zero-order valence-electron chi connectivity index (χ0n) is 28.3. The zero-order chi connectivity index (χ0) is 35.3. The van der Waals surface area contributed by atoms with Crippen LogP contribution >= 0.6 is 0 Å². The molecule has 0 radical (unpaired) electrons. The van der Waals surface area contributed by atoms with E-state index in [4.69, 9.17) is 34.6 Å². The van der Waals surface area contributed by atoms with Crippen LogP contribution in [0.5, 0.6) is 11.5 Å². The SMILES string of the molecule is COc1ccccc1CCNNC(=O)[C@@]1(CCC(=O)OC(C)(C)C)N=C(c2ccc(OCCCO)cc2)O[C@H]1c1ccccc1CN=[N+]=[N-]. The molecule has 0 saturated carbocycles. The van der Waals surface area contributed by atoms with E-state index in [1.54, 1.807) is 76.4 Å². The van der Waals surface area contributed by atoms with Crippen molar-refractivity contribution in [3.05, 3.63) is 105 Å². The van der Waals surface area contributed by atoms with E-state index < -0.39 is 29.1 Å². The second kappa shape index (κ2) is 17.3.